The Kier molecular flexibility index (Phi) is 7.09. The topological polar surface area (TPSA) is 126 Å². The van der Waals surface area contributed by atoms with E-state index in [0.717, 1.165) is 0 Å². The molecule has 9 nitrogen and oxygen atoms in total. The highest BCUT2D eigenvalue weighted by atomic mass is 16.5. The zero-order chi connectivity index (χ0) is 20.5. The molecular formula is C19H19N3O6. The quantitative estimate of drug-likeness (QED) is 0.379. The summed E-state index contributed by atoms with van der Waals surface area (Å²) in [5.41, 5.74) is 2.84. The first-order valence-electron chi connectivity index (χ1n) is 8.23. The highest BCUT2D eigenvalue weighted by Gasteiger charge is 2.13. The maximum atomic E-state index is 11.9. The lowest BCUT2D eigenvalue weighted by atomic mass is 10.1. The van der Waals surface area contributed by atoms with Gasteiger partial charge in [0.05, 0.1) is 25.5 Å². The molecule has 0 aliphatic rings. The molecule has 0 radical (unpaired) electrons. The zero-order valence-corrected chi connectivity index (χ0v) is 15.3. The van der Waals surface area contributed by atoms with Gasteiger partial charge in [-0.05, 0) is 37.3 Å². The van der Waals surface area contributed by atoms with Gasteiger partial charge in [0.15, 0.2) is 0 Å². The van der Waals surface area contributed by atoms with Gasteiger partial charge in [-0.15, -0.1) is 0 Å². The number of rotatable bonds is 7. The number of carbonyl (C=O) groups is 3. The van der Waals surface area contributed by atoms with Crippen molar-refractivity contribution in [3.63, 3.8) is 0 Å². The van der Waals surface area contributed by atoms with Gasteiger partial charge >= 0.3 is 17.8 Å². The number of hydrazone groups is 1. The number of hydrogen-bond donors (Lipinski definition) is 3. The number of nitrogens with one attached hydrogen (secondary N) is 2. The minimum atomic E-state index is -1.11. The van der Waals surface area contributed by atoms with E-state index in [1.165, 1.54) is 31.5 Å². The largest absolute Gasteiger partial charge is 0.497 e. The number of carboxylic acid groups (broad SMARTS) is 1. The lowest BCUT2D eigenvalue weighted by Crippen LogP contribution is -2.32. The number of anilines is 1. The van der Waals surface area contributed by atoms with Crippen molar-refractivity contribution in [3.8, 4) is 11.5 Å². The van der Waals surface area contributed by atoms with E-state index in [1.54, 1.807) is 31.2 Å². The molecule has 28 heavy (non-hydrogen) atoms. The van der Waals surface area contributed by atoms with E-state index < -0.39 is 17.8 Å². The van der Waals surface area contributed by atoms with Crippen molar-refractivity contribution >= 4 is 29.7 Å². The van der Waals surface area contributed by atoms with Gasteiger partial charge in [-0.3, -0.25) is 9.59 Å². The van der Waals surface area contributed by atoms with E-state index in [2.05, 4.69) is 15.8 Å². The molecule has 0 unspecified atom stereocenters. The molecule has 0 atom stereocenters. The number of ether oxygens (including phenoxy) is 2. The minimum Gasteiger partial charge on any atom is -0.497 e. The van der Waals surface area contributed by atoms with E-state index >= 15 is 0 Å². The highest BCUT2D eigenvalue weighted by molar-refractivity contribution is 6.39. The van der Waals surface area contributed by atoms with Gasteiger partial charge in [0.25, 0.3) is 0 Å². The summed E-state index contributed by atoms with van der Waals surface area (Å²) in [6.45, 7) is 2.14. The molecule has 2 aromatic carbocycles. The van der Waals surface area contributed by atoms with E-state index in [4.69, 9.17) is 14.6 Å². The van der Waals surface area contributed by atoms with E-state index in [9.17, 15) is 14.4 Å². The Morgan fingerprint density at radius 2 is 1.93 bits per heavy atom. The molecule has 2 amide bonds. The molecule has 0 aliphatic carbocycles. The van der Waals surface area contributed by atoms with Crippen LogP contribution in [0.25, 0.3) is 0 Å². The molecule has 2 aromatic rings. The summed E-state index contributed by atoms with van der Waals surface area (Å²) in [6, 6.07) is 10.7. The number of nitrogens with zero attached hydrogens (tertiary/aromatic N) is 1. The number of methoxy groups -OCH3 is 1. The van der Waals surface area contributed by atoms with Crippen LogP contribution < -0.4 is 20.2 Å². The highest BCUT2D eigenvalue weighted by Crippen LogP contribution is 2.19. The summed E-state index contributed by atoms with van der Waals surface area (Å²) < 4.78 is 10.4. The molecule has 2 rings (SSSR count). The zero-order valence-electron chi connectivity index (χ0n) is 15.3. The summed E-state index contributed by atoms with van der Waals surface area (Å²) in [7, 11) is 1.48. The van der Waals surface area contributed by atoms with Crippen molar-refractivity contribution < 1.29 is 29.0 Å². The van der Waals surface area contributed by atoms with Crippen molar-refractivity contribution in [2.45, 2.75) is 6.92 Å². The van der Waals surface area contributed by atoms with Crippen LogP contribution in [0.3, 0.4) is 0 Å². The Hall–Kier alpha value is -3.88. The normalized spacial score (nSPS) is 10.4. The lowest BCUT2D eigenvalue weighted by Gasteiger charge is -2.08. The van der Waals surface area contributed by atoms with Crippen molar-refractivity contribution in [2.24, 2.45) is 5.10 Å². The standard InChI is InChI=1S/C19H19N3O6/c1-3-28-16-8-7-12(19(25)26)9-13(16)11-20-22-18(24)17(23)21-14-5-4-6-15(10-14)27-2/h4-11H,3H2,1-2H3,(H,21,23)(H,22,24)(H,25,26)/b20-11-. The third-order valence-corrected chi connectivity index (χ3v) is 3.46. The Morgan fingerprint density at radius 1 is 1.14 bits per heavy atom. The molecule has 0 bridgehead atoms. The SMILES string of the molecule is CCOc1ccc(C(=O)O)cc1/C=N\NC(=O)C(=O)Nc1cccc(OC)c1. The van der Waals surface area contributed by atoms with Crippen molar-refractivity contribution in [2.75, 3.05) is 19.0 Å². The first kappa shape index (κ1) is 20.4. The third-order valence-electron chi connectivity index (χ3n) is 3.46. The molecule has 146 valence electrons. The Labute approximate surface area is 161 Å². The molecule has 0 fully saturated rings. The molecule has 0 saturated carbocycles. The van der Waals surface area contributed by atoms with Gasteiger partial charge in [0.1, 0.15) is 11.5 Å². The molecule has 9 heteroatoms. The van der Waals surface area contributed by atoms with Gasteiger partial charge < -0.3 is 19.9 Å². The number of aromatic carboxylic acids is 1. The van der Waals surface area contributed by atoms with Crippen LogP contribution in [-0.4, -0.2) is 42.8 Å². The predicted molar refractivity (Wildman–Crippen MR) is 102 cm³/mol. The van der Waals surface area contributed by atoms with Crippen LogP contribution in [0, 0.1) is 0 Å². The summed E-state index contributed by atoms with van der Waals surface area (Å²) in [5, 5.41) is 15.2. The van der Waals surface area contributed by atoms with Gasteiger partial charge in [0.2, 0.25) is 0 Å². The molecule has 3 N–H and O–H groups in total. The smallest absolute Gasteiger partial charge is 0.335 e. The van der Waals surface area contributed by atoms with Crippen molar-refractivity contribution in [1.29, 1.82) is 0 Å². The third kappa shape index (κ3) is 5.56. The number of benzene rings is 2. The Morgan fingerprint density at radius 3 is 2.61 bits per heavy atom. The number of carboxylic acids is 1. The van der Waals surface area contributed by atoms with Gasteiger partial charge in [0, 0.05) is 17.3 Å². The second kappa shape index (κ2) is 9.72. The monoisotopic (exact) mass is 385 g/mol. The summed E-state index contributed by atoms with van der Waals surface area (Å²) in [4.78, 5) is 34.9. The summed E-state index contributed by atoms with van der Waals surface area (Å²) in [5.74, 6) is -2.11. The molecule has 0 aliphatic heterocycles. The first-order valence-corrected chi connectivity index (χ1v) is 8.23. The maximum Gasteiger partial charge on any atom is 0.335 e. The van der Waals surface area contributed by atoms with Gasteiger partial charge in [-0.1, -0.05) is 6.07 Å². The van der Waals surface area contributed by atoms with Gasteiger partial charge in [-0.25, -0.2) is 10.2 Å². The predicted octanol–water partition coefficient (Wildman–Crippen LogP) is 1.88. The molecule has 0 aromatic heterocycles. The molecule has 0 spiro atoms. The Balaban J connectivity index is 2.04. The molecule has 0 saturated heterocycles. The number of carbonyl (C=O) groups excluding carboxylic acids is 2. The van der Waals surface area contributed by atoms with Crippen LogP contribution in [0.5, 0.6) is 11.5 Å². The summed E-state index contributed by atoms with van der Waals surface area (Å²) in [6.07, 6.45) is 1.20. The molecule has 0 heterocycles. The van der Waals surface area contributed by atoms with Crippen molar-refractivity contribution in [1.82, 2.24) is 5.43 Å². The number of hydrogen-bond acceptors (Lipinski definition) is 6. The number of amides is 2. The van der Waals surface area contributed by atoms with E-state index in [1.807, 2.05) is 0 Å². The average Bonchev–Trinajstić information content (AvgIpc) is 2.69. The van der Waals surface area contributed by atoms with Crippen LogP contribution in [-0.2, 0) is 9.59 Å². The van der Waals surface area contributed by atoms with Crippen LogP contribution in [0.15, 0.2) is 47.6 Å². The van der Waals surface area contributed by atoms with Crippen molar-refractivity contribution in [3.05, 3.63) is 53.6 Å². The van der Waals surface area contributed by atoms with Crippen LogP contribution >= 0.6 is 0 Å². The first-order chi connectivity index (χ1) is 13.4. The van der Waals surface area contributed by atoms with Crippen LogP contribution in [0.1, 0.15) is 22.8 Å². The van der Waals surface area contributed by atoms with Crippen LogP contribution in [0.4, 0.5) is 5.69 Å². The van der Waals surface area contributed by atoms with E-state index in [0.29, 0.717) is 29.4 Å². The average molecular weight is 385 g/mol. The second-order valence-electron chi connectivity index (χ2n) is 5.38. The molecular weight excluding hydrogens is 366 g/mol. The Bertz CT molecular complexity index is 910. The maximum absolute atomic E-state index is 11.9. The fraction of sp³-hybridized carbons (Fsp3) is 0.158. The fourth-order valence-corrected chi connectivity index (χ4v) is 2.17. The van der Waals surface area contributed by atoms with Gasteiger partial charge in [-0.2, -0.15) is 5.10 Å². The summed E-state index contributed by atoms with van der Waals surface area (Å²) >= 11 is 0. The van der Waals surface area contributed by atoms with E-state index in [-0.39, 0.29) is 5.56 Å². The fourth-order valence-electron chi connectivity index (χ4n) is 2.17. The minimum absolute atomic E-state index is 0.0343. The second-order valence-corrected chi connectivity index (χ2v) is 5.38. The lowest BCUT2D eigenvalue weighted by molar-refractivity contribution is -0.136. The van der Waals surface area contributed by atoms with Crippen LogP contribution in [0.2, 0.25) is 0 Å².